The fraction of sp³-hybridized carbons (Fsp3) is 0.889. The predicted octanol–water partition coefficient (Wildman–Crippen LogP) is 0.600. The van der Waals surface area contributed by atoms with E-state index in [-0.39, 0.29) is 6.09 Å². The number of amides is 1. The largest absolute Gasteiger partial charge is 0.450 e. The maximum atomic E-state index is 11.3. The average Bonchev–Trinajstić information content (AvgIpc) is 2.75. The Morgan fingerprint density at radius 2 is 2.54 bits per heavy atom. The first-order valence-corrected chi connectivity index (χ1v) is 4.80. The molecule has 1 N–H and O–H groups in total. The number of ether oxygens (including phenoxy) is 1. The van der Waals surface area contributed by atoms with Gasteiger partial charge in [-0.15, -0.1) is 0 Å². The van der Waals surface area contributed by atoms with Crippen LogP contribution in [-0.4, -0.2) is 41.4 Å². The number of piperidine rings is 1. The van der Waals surface area contributed by atoms with Crippen LogP contribution in [-0.2, 0) is 4.74 Å². The molecule has 0 spiro atoms. The van der Waals surface area contributed by atoms with E-state index in [1.54, 1.807) is 11.8 Å². The highest BCUT2D eigenvalue weighted by Gasteiger charge is 2.56. The van der Waals surface area contributed by atoms with Crippen LogP contribution in [0.4, 0.5) is 4.79 Å². The van der Waals surface area contributed by atoms with E-state index in [9.17, 15) is 9.90 Å². The molecule has 2 atom stereocenters. The number of rotatable bonds is 1. The van der Waals surface area contributed by atoms with Crippen molar-refractivity contribution in [3.63, 3.8) is 0 Å². The van der Waals surface area contributed by atoms with Crippen molar-refractivity contribution in [2.75, 3.05) is 19.7 Å². The van der Waals surface area contributed by atoms with E-state index in [0.29, 0.717) is 19.1 Å². The van der Waals surface area contributed by atoms with E-state index < -0.39 is 5.60 Å². The van der Waals surface area contributed by atoms with Gasteiger partial charge in [-0.3, -0.25) is 0 Å². The van der Waals surface area contributed by atoms with Gasteiger partial charge in [0, 0.05) is 6.54 Å². The van der Waals surface area contributed by atoms with Crippen LogP contribution in [0.25, 0.3) is 0 Å². The molecule has 0 aromatic rings. The van der Waals surface area contributed by atoms with Crippen LogP contribution in [0.2, 0.25) is 0 Å². The van der Waals surface area contributed by atoms with E-state index >= 15 is 0 Å². The zero-order valence-corrected chi connectivity index (χ0v) is 7.82. The number of carbonyl (C=O) groups excluding carboxylic acids is 1. The van der Waals surface area contributed by atoms with Gasteiger partial charge in [0.1, 0.15) is 0 Å². The molecule has 2 aliphatic rings. The SMILES string of the molecule is CCOC(=O)N1CC[C@@H]2C[C@]2(O)C1. The number of fused-ring (bicyclic) bond motifs is 1. The summed E-state index contributed by atoms with van der Waals surface area (Å²) < 4.78 is 4.87. The first-order chi connectivity index (χ1) is 6.15. The number of carbonyl (C=O) groups is 1. The molecule has 4 nitrogen and oxygen atoms in total. The molecule has 0 unspecified atom stereocenters. The van der Waals surface area contributed by atoms with Gasteiger partial charge in [0.05, 0.1) is 18.8 Å². The summed E-state index contributed by atoms with van der Waals surface area (Å²) in [5.74, 6) is 0.429. The number of hydrogen-bond donors (Lipinski definition) is 1. The van der Waals surface area contributed by atoms with Crippen molar-refractivity contribution in [1.29, 1.82) is 0 Å². The molecule has 0 aromatic carbocycles. The summed E-state index contributed by atoms with van der Waals surface area (Å²) in [6.45, 7) is 3.37. The minimum Gasteiger partial charge on any atom is -0.450 e. The molecule has 0 bridgehead atoms. The third-order valence-electron chi connectivity index (χ3n) is 2.94. The van der Waals surface area contributed by atoms with Crippen LogP contribution < -0.4 is 0 Å². The lowest BCUT2D eigenvalue weighted by molar-refractivity contribution is 0.0379. The third kappa shape index (κ3) is 1.50. The molecule has 0 aromatic heterocycles. The molecule has 1 heterocycles. The standard InChI is InChI=1S/C9H15NO3/c1-2-13-8(11)10-4-3-7-5-9(7,12)6-10/h7,12H,2-6H2,1H3/t7-,9+/m1/s1. The first kappa shape index (κ1) is 8.81. The van der Waals surface area contributed by atoms with Crippen LogP contribution in [0.15, 0.2) is 0 Å². The highest BCUT2D eigenvalue weighted by Crippen LogP contribution is 2.49. The molecule has 4 heteroatoms. The van der Waals surface area contributed by atoms with Crippen molar-refractivity contribution in [3.8, 4) is 0 Å². The normalized spacial score (nSPS) is 36.8. The van der Waals surface area contributed by atoms with Gasteiger partial charge < -0.3 is 14.7 Å². The van der Waals surface area contributed by atoms with Crippen LogP contribution >= 0.6 is 0 Å². The van der Waals surface area contributed by atoms with Gasteiger partial charge in [-0.05, 0) is 25.7 Å². The van der Waals surface area contributed by atoms with Crippen molar-refractivity contribution < 1.29 is 14.6 Å². The monoisotopic (exact) mass is 185 g/mol. The zero-order chi connectivity index (χ0) is 9.47. The highest BCUT2D eigenvalue weighted by molar-refractivity contribution is 5.68. The van der Waals surface area contributed by atoms with Gasteiger partial charge in [-0.25, -0.2) is 4.79 Å². The molecule has 74 valence electrons. The molecule has 1 saturated carbocycles. The maximum absolute atomic E-state index is 11.3. The summed E-state index contributed by atoms with van der Waals surface area (Å²) in [7, 11) is 0. The Balaban J connectivity index is 1.90. The summed E-state index contributed by atoms with van der Waals surface area (Å²) in [5.41, 5.74) is -0.578. The summed E-state index contributed by atoms with van der Waals surface area (Å²) in [6, 6.07) is 0. The maximum Gasteiger partial charge on any atom is 0.409 e. The first-order valence-electron chi connectivity index (χ1n) is 4.80. The number of hydrogen-bond acceptors (Lipinski definition) is 3. The van der Waals surface area contributed by atoms with Crippen molar-refractivity contribution in [1.82, 2.24) is 4.90 Å². The van der Waals surface area contributed by atoms with E-state index in [0.717, 1.165) is 19.4 Å². The Bertz CT molecular complexity index is 231. The summed E-state index contributed by atoms with van der Waals surface area (Å²) in [5, 5.41) is 9.79. The average molecular weight is 185 g/mol. The van der Waals surface area contributed by atoms with Crippen molar-refractivity contribution >= 4 is 6.09 Å². The van der Waals surface area contributed by atoms with Crippen LogP contribution in [0.5, 0.6) is 0 Å². The number of likely N-dealkylation sites (tertiary alicyclic amines) is 1. The number of β-amino-alcohol motifs (C(OH)–C–C–N with tert-alkyl or cyclic N) is 1. The highest BCUT2D eigenvalue weighted by atomic mass is 16.6. The Morgan fingerprint density at radius 3 is 3.15 bits per heavy atom. The van der Waals surface area contributed by atoms with E-state index in [1.165, 1.54) is 0 Å². The topological polar surface area (TPSA) is 49.8 Å². The molecule has 2 rings (SSSR count). The van der Waals surface area contributed by atoms with Crippen molar-refractivity contribution in [2.24, 2.45) is 5.92 Å². The molecule has 13 heavy (non-hydrogen) atoms. The van der Waals surface area contributed by atoms with Gasteiger partial charge in [-0.2, -0.15) is 0 Å². The molecular weight excluding hydrogens is 170 g/mol. The smallest absolute Gasteiger partial charge is 0.409 e. The fourth-order valence-electron chi connectivity index (χ4n) is 2.02. The van der Waals surface area contributed by atoms with E-state index in [1.807, 2.05) is 0 Å². The molecule has 1 aliphatic carbocycles. The van der Waals surface area contributed by atoms with E-state index in [4.69, 9.17) is 4.74 Å². The lowest BCUT2D eigenvalue weighted by atomic mass is 10.1. The molecule has 0 radical (unpaired) electrons. The minimum absolute atomic E-state index is 0.290. The molecule has 2 fully saturated rings. The van der Waals surface area contributed by atoms with Crippen LogP contribution in [0.3, 0.4) is 0 Å². The van der Waals surface area contributed by atoms with Gasteiger partial charge in [0.25, 0.3) is 0 Å². The zero-order valence-electron chi connectivity index (χ0n) is 7.82. The summed E-state index contributed by atoms with van der Waals surface area (Å²) >= 11 is 0. The second kappa shape index (κ2) is 2.87. The van der Waals surface area contributed by atoms with Gasteiger partial charge in [-0.1, -0.05) is 0 Å². The van der Waals surface area contributed by atoms with Gasteiger partial charge in [0.2, 0.25) is 0 Å². The quantitative estimate of drug-likeness (QED) is 0.650. The molecule has 1 aliphatic heterocycles. The Labute approximate surface area is 77.5 Å². The van der Waals surface area contributed by atoms with Crippen molar-refractivity contribution in [3.05, 3.63) is 0 Å². The molecule has 1 saturated heterocycles. The van der Waals surface area contributed by atoms with Crippen molar-refractivity contribution in [2.45, 2.75) is 25.4 Å². The summed E-state index contributed by atoms with van der Waals surface area (Å²) in [6.07, 6.45) is 1.47. The van der Waals surface area contributed by atoms with E-state index in [2.05, 4.69) is 0 Å². The lowest BCUT2D eigenvalue weighted by Gasteiger charge is -2.28. The van der Waals surface area contributed by atoms with Gasteiger partial charge in [0.15, 0.2) is 0 Å². The number of aliphatic hydroxyl groups is 1. The Hall–Kier alpha value is -0.770. The van der Waals surface area contributed by atoms with Crippen LogP contribution in [0.1, 0.15) is 19.8 Å². The third-order valence-corrected chi connectivity index (χ3v) is 2.94. The minimum atomic E-state index is -0.578. The lowest BCUT2D eigenvalue weighted by Crippen LogP contribution is -2.43. The fourth-order valence-corrected chi connectivity index (χ4v) is 2.02. The molecule has 1 amide bonds. The number of nitrogens with zero attached hydrogens (tertiary/aromatic N) is 1. The second-order valence-corrected chi connectivity index (χ2v) is 3.91. The predicted molar refractivity (Wildman–Crippen MR) is 46.3 cm³/mol. The Kier molecular flexibility index (Phi) is 1.95. The van der Waals surface area contributed by atoms with Crippen LogP contribution in [0, 0.1) is 5.92 Å². The second-order valence-electron chi connectivity index (χ2n) is 3.91. The molecular formula is C9H15NO3. The summed E-state index contributed by atoms with van der Waals surface area (Å²) in [4.78, 5) is 12.9. The Morgan fingerprint density at radius 1 is 1.77 bits per heavy atom. The van der Waals surface area contributed by atoms with Gasteiger partial charge >= 0.3 is 6.09 Å².